The number of halogens is 2. The van der Waals surface area contributed by atoms with Crippen molar-refractivity contribution in [1.82, 2.24) is 0 Å². The molecule has 2 aromatic carbocycles. The zero-order valence-electron chi connectivity index (χ0n) is 12.6. The number of aryl methyl sites for hydroxylation is 2. The molecular weight excluding hydrogens is 304 g/mol. The molecule has 0 saturated carbocycles. The van der Waals surface area contributed by atoms with E-state index >= 15 is 0 Å². The largest absolute Gasteiger partial charge is 0.325 e. The standard InChI is InChI=1S/C17H17F2NOS/c1-10-5-4-6-11(2)16(10)20-17(21)12(3)22-15-8-7-13(18)9-14(15)19/h4-9,12H,1-3H3,(H,20,21)/t12-/m0/s1. The number of anilines is 1. The number of hydrogen-bond donors (Lipinski definition) is 1. The van der Waals surface area contributed by atoms with Gasteiger partial charge in [-0.05, 0) is 44.0 Å². The van der Waals surface area contributed by atoms with Crippen molar-refractivity contribution < 1.29 is 13.6 Å². The molecule has 0 bridgehead atoms. The Hall–Kier alpha value is -1.88. The number of nitrogens with one attached hydrogen (secondary N) is 1. The first kappa shape index (κ1) is 16.5. The maximum Gasteiger partial charge on any atom is 0.237 e. The summed E-state index contributed by atoms with van der Waals surface area (Å²) in [5, 5.41) is 2.37. The van der Waals surface area contributed by atoms with Crippen LogP contribution in [0.2, 0.25) is 0 Å². The topological polar surface area (TPSA) is 29.1 Å². The van der Waals surface area contributed by atoms with E-state index in [0.29, 0.717) is 0 Å². The minimum atomic E-state index is -0.656. The molecule has 0 fully saturated rings. The molecule has 1 atom stereocenters. The molecule has 0 aliphatic carbocycles. The summed E-state index contributed by atoms with van der Waals surface area (Å²) in [5.41, 5.74) is 2.72. The Balaban J connectivity index is 2.09. The zero-order chi connectivity index (χ0) is 16.3. The Morgan fingerprint density at radius 3 is 2.36 bits per heavy atom. The highest BCUT2D eigenvalue weighted by atomic mass is 32.2. The van der Waals surface area contributed by atoms with Crippen molar-refractivity contribution in [2.24, 2.45) is 0 Å². The van der Waals surface area contributed by atoms with E-state index in [1.807, 2.05) is 32.0 Å². The van der Waals surface area contributed by atoms with E-state index in [1.165, 1.54) is 12.1 Å². The normalized spacial score (nSPS) is 12.0. The molecule has 1 N–H and O–H groups in total. The summed E-state index contributed by atoms with van der Waals surface area (Å²) in [6.07, 6.45) is 0. The number of thioether (sulfide) groups is 1. The predicted molar refractivity (Wildman–Crippen MR) is 86.2 cm³/mol. The van der Waals surface area contributed by atoms with Crippen molar-refractivity contribution in [3.63, 3.8) is 0 Å². The number of carbonyl (C=O) groups is 1. The van der Waals surface area contributed by atoms with Crippen LogP contribution >= 0.6 is 11.8 Å². The summed E-state index contributed by atoms with van der Waals surface area (Å²) in [6, 6.07) is 9.10. The average Bonchev–Trinajstić information content (AvgIpc) is 2.45. The lowest BCUT2D eigenvalue weighted by Crippen LogP contribution is -2.23. The molecule has 0 heterocycles. The van der Waals surface area contributed by atoms with Gasteiger partial charge >= 0.3 is 0 Å². The van der Waals surface area contributed by atoms with Gasteiger partial charge in [0.1, 0.15) is 11.6 Å². The summed E-state index contributed by atoms with van der Waals surface area (Å²) in [5.74, 6) is -1.50. The van der Waals surface area contributed by atoms with Gasteiger partial charge in [-0.1, -0.05) is 18.2 Å². The molecule has 22 heavy (non-hydrogen) atoms. The monoisotopic (exact) mass is 321 g/mol. The maximum atomic E-state index is 13.6. The van der Waals surface area contributed by atoms with Gasteiger partial charge in [0, 0.05) is 16.6 Å². The molecular formula is C17H17F2NOS. The minimum Gasteiger partial charge on any atom is -0.325 e. The molecule has 0 unspecified atom stereocenters. The third-order valence-corrected chi connectivity index (χ3v) is 4.45. The molecule has 0 aliphatic rings. The van der Waals surface area contributed by atoms with Gasteiger partial charge in [-0.25, -0.2) is 8.78 Å². The van der Waals surface area contributed by atoms with Crippen LogP contribution in [0, 0.1) is 25.5 Å². The summed E-state index contributed by atoms with van der Waals surface area (Å²) in [4.78, 5) is 12.5. The van der Waals surface area contributed by atoms with Crippen LogP contribution in [-0.2, 0) is 4.79 Å². The molecule has 2 rings (SSSR count). The van der Waals surface area contributed by atoms with E-state index in [0.717, 1.165) is 34.6 Å². The first-order valence-corrected chi connectivity index (χ1v) is 7.75. The second-order valence-electron chi connectivity index (χ2n) is 5.09. The number of carbonyl (C=O) groups excluding carboxylic acids is 1. The van der Waals surface area contributed by atoms with Crippen molar-refractivity contribution in [3.8, 4) is 0 Å². The average molecular weight is 321 g/mol. The molecule has 0 aliphatic heterocycles. The summed E-state index contributed by atoms with van der Waals surface area (Å²) in [7, 11) is 0. The highest BCUT2D eigenvalue weighted by Crippen LogP contribution is 2.28. The lowest BCUT2D eigenvalue weighted by molar-refractivity contribution is -0.115. The molecule has 5 heteroatoms. The van der Waals surface area contributed by atoms with E-state index in [2.05, 4.69) is 5.32 Å². The Labute approximate surface area is 132 Å². The Bertz CT molecular complexity index is 683. The van der Waals surface area contributed by atoms with Gasteiger partial charge in [0.2, 0.25) is 5.91 Å². The van der Waals surface area contributed by atoms with Crippen LogP contribution < -0.4 is 5.32 Å². The summed E-state index contributed by atoms with van der Waals surface area (Å²) >= 11 is 1.06. The van der Waals surface area contributed by atoms with Gasteiger partial charge in [-0.15, -0.1) is 11.8 Å². The highest BCUT2D eigenvalue weighted by Gasteiger charge is 2.18. The van der Waals surface area contributed by atoms with Gasteiger partial charge < -0.3 is 5.32 Å². The van der Waals surface area contributed by atoms with Crippen LogP contribution in [0.1, 0.15) is 18.1 Å². The van der Waals surface area contributed by atoms with Crippen LogP contribution in [0.15, 0.2) is 41.3 Å². The molecule has 116 valence electrons. The Morgan fingerprint density at radius 2 is 1.77 bits per heavy atom. The Morgan fingerprint density at radius 1 is 1.14 bits per heavy atom. The van der Waals surface area contributed by atoms with Crippen molar-refractivity contribution in [3.05, 3.63) is 59.2 Å². The molecule has 0 radical (unpaired) electrons. The summed E-state index contributed by atoms with van der Waals surface area (Å²) in [6.45, 7) is 5.52. The number of rotatable bonds is 4. The van der Waals surface area contributed by atoms with Crippen LogP contribution in [-0.4, -0.2) is 11.2 Å². The smallest absolute Gasteiger partial charge is 0.237 e. The first-order valence-electron chi connectivity index (χ1n) is 6.87. The van der Waals surface area contributed by atoms with Crippen molar-refractivity contribution in [2.75, 3.05) is 5.32 Å². The van der Waals surface area contributed by atoms with E-state index in [9.17, 15) is 13.6 Å². The van der Waals surface area contributed by atoms with Crippen LogP contribution in [0.25, 0.3) is 0 Å². The molecule has 1 amide bonds. The molecule has 0 spiro atoms. The van der Waals surface area contributed by atoms with Crippen LogP contribution in [0.5, 0.6) is 0 Å². The lowest BCUT2D eigenvalue weighted by Gasteiger charge is -2.15. The van der Waals surface area contributed by atoms with Crippen LogP contribution in [0.4, 0.5) is 14.5 Å². The van der Waals surface area contributed by atoms with E-state index < -0.39 is 16.9 Å². The predicted octanol–water partition coefficient (Wildman–Crippen LogP) is 4.70. The van der Waals surface area contributed by atoms with Gasteiger partial charge in [0.15, 0.2) is 0 Å². The third kappa shape index (κ3) is 3.85. The SMILES string of the molecule is Cc1cccc(C)c1NC(=O)[C@H](C)Sc1ccc(F)cc1F. The van der Waals surface area contributed by atoms with Crippen molar-refractivity contribution >= 4 is 23.4 Å². The highest BCUT2D eigenvalue weighted by molar-refractivity contribution is 8.00. The fraction of sp³-hybridized carbons (Fsp3) is 0.235. The summed E-state index contributed by atoms with van der Waals surface area (Å²) < 4.78 is 26.5. The fourth-order valence-electron chi connectivity index (χ4n) is 2.05. The van der Waals surface area contributed by atoms with Crippen molar-refractivity contribution in [2.45, 2.75) is 30.9 Å². The van der Waals surface area contributed by atoms with Gasteiger partial charge in [-0.3, -0.25) is 4.79 Å². The quantitative estimate of drug-likeness (QED) is 0.827. The zero-order valence-corrected chi connectivity index (χ0v) is 13.4. The number of benzene rings is 2. The molecule has 0 aromatic heterocycles. The second-order valence-corrected chi connectivity index (χ2v) is 6.47. The fourth-order valence-corrected chi connectivity index (χ4v) is 2.92. The lowest BCUT2D eigenvalue weighted by atomic mass is 10.1. The first-order chi connectivity index (χ1) is 10.4. The maximum absolute atomic E-state index is 13.6. The third-order valence-electron chi connectivity index (χ3n) is 3.30. The van der Waals surface area contributed by atoms with Gasteiger partial charge in [0.05, 0.1) is 5.25 Å². The van der Waals surface area contributed by atoms with Crippen LogP contribution in [0.3, 0.4) is 0 Å². The molecule has 2 nitrogen and oxygen atoms in total. The van der Waals surface area contributed by atoms with E-state index in [1.54, 1.807) is 6.92 Å². The van der Waals surface area contributed by atoms with E-state index in [-0.39, 0.29) is 10.8 Å². The number of para-hydroxylation sites is 1. The molecule has 0 saturated heterocycles. The number of amides is 1. The van der Waals surface area contributed by atoms with Crippen molar-refractivity contribution in [1.29, 1.82) is 0 Å². The van der Waals surface area contributed by atoms with Gasteiger partial charge in [0.25, 0.3) is 0 Å². The number of hydrogen-bond acceptors (Lipinski definition) is 2. The van der Waals surface area contributed by atoms with Gasteiger partial charge in [-0.2, -0.15) is 0 Å². The molecule has 2 aromatic rings. The van der Waals surface area contributed by atoms with E-state index in [4.69, 9.17) is 0 Å². The Kier molecular flexibility index (Phi) is 5.19. The minimum absolute atomic E-state index is 0.217. The second kappa shape index (κ2) is 6.92.